The van der Waals surface area contributed by atoms with Crippen molar-refractivity contribution in [1.29, 1.82) is 0 Å². The van der Waals surface area contributed by atoms with Crippen LogP contribution in [0.4, 0.5) is 5.69 Å². The number of nitrogens with one attached hydrogen (secondary N) is 1. The summed E-state index contributed by atoms with van der Waals surface area (Å²) in [7, 11) is 0. The molecule has 7 nitrogen and oxygen atoms in total. The molecular formula is C18H20N2O5. The summed E-state index contributed by atoms with van der Waals surface area (Å²) < 4.78 is 10.0. The molecule has 1 aromatic heterocycles. The van der Waals surface area contributed by atoms with Crippen molar-refractivity contribution in [2.24, 2.45) is 0 Å². The lowest BCUT2D eigenvalue weighted by Gasteiger charge is -2.23. The van der Waals surface area contributed by atoms with Gasteiger partial charge in [-0.05, 0) is 31.2 Å². The average Bonchev–Trinajstić information content (AvgIpc) is 3.13. The van der Waals surface area contributed by atoms with Gasteiger partial charge in [-0.3, -0.25) is 9.59 Å². The summed E-state index contributed by atoms with van der Waals surface area (Å²) in [5, 5.41) is 2.67. The van der Waals surface area contributed by atoms with E-state index in [1.54, 1.807) is 43.3 Å². The number of hydrogen-bond acceptors (Lipinski definition) is 5. The number of hydrogen-bond donors (Lipinski definition) is 1. The summed E-state index contributed by atoms with van der Waals surface area (Å²) in [5.74, 6) is -0.915. The van der Waals surface area contributed by atoms with Gasteiger partial charge in [0.25, 0.3) is 5.91 Å². The lowest BCUT2D eigenvalue weighted by molar-refractivity contribution is -0.116. The molecule has 25 heavy (non-hydrogen) atoms. The van der Waals surface area contributed by atoms with Gasteiger partial charge in [0.1, 0.15) is 0 Å². The molecule has 1 aromatic carbocycles. The summed E-state index contributed by atoms with van der Waals surface area (Å²) >= 11 is 0. The Labute approximate surface area is 145 Å². The third-order valence-electron chi connectivity index (χ3n) is 3.44. The second-order valence-corrected chi connectivity index (χ2v) is 5.14. The quantitative estimate of drug-likeness (QED) is 0.778. The largest absolute Gasteiger partial charge is 0.462 e. The molecule has 2 amide bonds. The maximum absolute atomic E-state index is 12.1. The van der Waals surface area contributed by atoms with Crippen LogP contribution < -0.4 is 10.2 Å². The molecule has 0 aliphatic carbocycles. The summed E-state index contributed by atoms with van der Waals surface area (Å²) in [6, 6.07) is 9.87. The Morgan fingerprint density at radius 1 is 1.16 bits per heavy atom. The van der Waals surface area contributed by atoms with Crippen LogP contribution in [0.2, 0.25) is 0 Å². The molecule has 0 aliphatic rings. The number of anilines is 1. The van der Waals surface area contributed by atoms with Crippen LogP contribution in [0, 0.1) is 0 Å². The van der Waals surface area contributed by atoms with Gasteiger partial charge in [-0.1, -0.05) is 12.1 Å². The van der Waals surface area contributed by atoms with Crippen LogP contribution >= 0.6 is 0 Å². The van der Waals surface area contributed by atoms with Crippen LogP contribution in [0.1, 0.15) is 34.8 Å². The number of esters is 1. The Morgan fingerprint density at radius 3 is 2.56 bits per heavy atom. The lowest BCUT2D eigenvalue weighted by atomic mass is 10.1. The third kappa shape index (κ3) is 4.69. The van der Waals surface area contributed by atoms with E-state index in [4.69, 9.17) is 9.15 Å². The van der Waals surface area contributed by atoms with Crippen molar-refractivity contribution in [3.05, 3.63) is 54.0 Å². The van der Waals surface area contributed by atoms with Gasteiger partial charge in [0.05, 0.1) is 24.1 Å². The van der Waals surface area contributed by atoms with Crippen LogP contribution in [0.15, 0.2) is 47.1 Å². The summed E-state index contributed by atoms with van der Waals surface area (Å²) in [6.45, 7) is 3.77. The lowest BCUT2D eigenvalue weighted by Crippen LogP contribution is -2.38. The predicted molar refractivity (Wildman–Crippen MR) is 91.5 cm³/mol. The topological polar surface area (TPSA) is 88.8 Å². The molecule has 0 aliphatic heterocycles. The van der Waals surface area contributed by atoms with E-state index in [0.717, 1.165) is 0 Å². The molecule has 0 fully saturated rings. The maximum atomic E-state index is 12.1. The molecule has 0 radical (unpaired) electrons. The van der Waals surface area contributed by atoms with Crippen molar-refractivity contribution in [2.75, 3.05) is 24.6 Å². The number of amides is 2. The highest BCUT2D eigenvalue weighted by Crippen LogP contribution is 2.21. The van der Waals surface area contributed by atoms with E-state index in [1.807, 2.05) is 0 Å². The summed E-state index contributed by atoms with van der Waals surface area (Å²) in [5.41, 5.74) is 0.748. The zero-order chi connectivity index (χ0) is 18.2. The van der Waals surface area contributed by atoms with Crippen molar-refractivity contribution >= 4 is 23.5 Å². The van der Waals surface area contributed by atoms with E-state index >= 15 is 0 Å². The van der Waals surface area contributed by atoms with Crippen molar-refractivity contribution in [3.8, 4) is 0 Å². The Bertz CT molecular complexity index is 740. The van der Waals surface area contributed by atoms with E-state index in [1.165, 1.54) is 18.1 Å². The summed E-state index contributed by atoms with van der Waals surface area (Å²) in [6.07, 6.45) is 1.41. The Balaban J connectivity index is 2.09. The van der Waals surface area contributed by atoms with Crippen LogP contribution in [0.5, 0.6) is 0 Å². The van der Waals surface area contributed by atoms with Gasteiger partial charge in [-0.2, -0.15) is 0 Å². The monoisotopic (exact) mass is 344 g/mol. The molecule has 0 saturated carbocycles. The van der Waals surface area contributed by atoms with Gasteiger partial charge in [0.2, 0.25) is 5.91 Å². The highest BCUT2D eigenvalue weighted by molar-refractivity contribution is 6.02. The van der Waals surface area contributed by atoms with Gasteiger partial charge in [0, 0.05) is 20.0 Å². The van der Waals surface area contributed by atoms with Gasteiger partial charge < -0.3 is 19.4 Å². The van der Waals surface area contributed by atoms with E-state index in [-0.39, 0.29) is 37.3 Å². The van der Waals surface area contributed by atoms with Crippen molar-refractivity contribution in [1.82, 2.24) is 5.32 Å². The molecule has 0 unspecified atom stereocenters. The van der Waals surface area contributed by atoms with Crippen molar-refractivity contribution in [3.63, 3.8) is 0 Å². The molecule has 2 rings (SSSR count). The highest BCUT2D eigenvalue weighted by atomic mass is 16.5. The maximum Gasteiger partial charge on any atom is 0.340 e. The van der Waals surface area contributed by atoms with Gasteiger partial charge in [-0.15, -0.1) is 0 Å². The SMILES string of the molecule is CCOC(=O)c1ccccc1N(CCNC(=O)c1ccco1)C(C)=O. The fourth-order valence-electron chi connectivity index (χ4n) is 2.31. The van der Waals surface area contributed by atoms with Gasteiger partial charge >= 0.3 is 5.97 Å². The number of carbonyl (C=O) groups is 3. The Morgan fingerprint density at radius 2 is 1.92 bits per heavy atom. The zero-order valence-corrected chi connectivity index (χ0v) is 14.2. The van der Waals surface area contributed by atoms with E-state index in [0.29, 0.717) is 11.3 Å². The molecule has 0 atom stereocenters. The fourth-order valence-corrected chi connectivity index (χ4v) is 2.31. The predicted octanol–water partition coefficient (Wildman–Crippen LogP) is 2.24. The van der Waals surface area contributed by atoms with Crippen molar-refractivity contribution < 1.29 is 23.5 Å². The minimum Gasteiger partial charge on any atom is -0.462 e. The molecule has 1 N–H and O–H groups in total. The standard InChI is InChI=1S/C18H20N2O5/c1-3-24-18(23)14-7-4-5-8-15(14)20(13(2)21)11-10-19-17(22)16-9-6-12-25-16/h4-9,12H,3,10-11H2,1-2H3,(H,19,22). The number of carbonyl (C=O) groups excluding carboxylic acids is 3. The first-order valence-electron chi connectivity index (χ1n) is 7.90. The Hall–Kier alpha value is -3.09. The average molecular weight is 344 g/mol. The number of ether oxygens (including phenoxy) is 1. The zero-order valence-electron chi connectivity index (χ0n) is 14.2. The minimum absolute atomic E-state index is 0.196. The van der Waals surface area contributed by atoms with Crippen molar-refractivity contribution in [2.45, 2.75) is 13.8 Å². The van der Waals surface area contributed by atoms with Crippen LogP contribution in [0.3, 0.4) is 0 Å². The van der Waals surface area contributed by atoms with E-state index in [2.05, 4.69) is 5.32 Å². The second-order valence-electron chi connectivity index (χ2n) is 5.14. The normalized spacial score (nSPS) is 10.2. The highest BCUT2D eigenvalue weighted by Gasteiger charge is 2.20. The van der Waals surface area contributed by atoms with E-state index < -0.39 is 5.97 Å². The smallest absolute Gasteiger partial charge is 0.340 e. The van der Waals surface area contributed by atoms with Crippen LogP contribution in [-0.2, 0) is 9.53 Å². The number of rotatable bonds is 7. The number of nitrogens with zero attached hydrogens (tertiary/aromatic N) is 1. The molecule has 7 heteroatoms. The summed E-state index contributed by atoms with van der Waals surface area (Å²) in [4.78, 5) is 37.4. The van der Waals surface area contributed by atoms with Gasteiger partial charge in [0.15, 0.2) is 5.76 Å². The second kappa shape index (κ2) is 8.68. The fraction of sp³-hybridized carbons (Fsp3) is 0.278. The molecular weight excluding hydrogens is 324 g/mol. The molecule has 0 saturated heterocycles. The van der Waals surface area contributed by atoms with Crippen LogP contribution in [-0.4, -0.2) is 37.5 Å². The number of para-hydroxylation sites is 1. The minimum atomic E-state index is -0.496. The molecule has 2 aromatic rings. The molecule has 0 spiro atoms. The first kappa shape index (κ1) is 18.3. The first-order valence-corrected chi connectivity index (χ1v) is 7.90. The molecule has 1 heterocycles. The van der Waals surface area contributed by atoms with E-state index in [9.17, 15) is 14.4 Å². The third-order valence-corrected chi connectivity index (χ3v) is 3.44. The number of benzene rings is 1. The van der Waals surface area contributed by atoms with Crippen LogP contribution in [0.25, 0.3) is 0 Å². The molecule has 132 valence electrons. The van der Waals surface area contributed by atoms with Gasteiger partial charge in [-0.25, -0.2) is 4.79 Å². The number of furan rings is 1. The molecule has 0 bridgehead atoms. The first-order chi connectivity index (χ1) is 12.0. The Kier molecular flexibility index (Phi) is 6.33.